The number of alkyl halides is 3. The van der Waals surface area contributed by atoms with Gasteiger partial charge in [0.15, 0.2) is 0 Å². The highest BCUT2D eigenvalue weighted by molar-refractivity contribution is 7.89. The molecule has 0 spiro atoms. The number of hydrogen-bond acceptors (Lipinski definition) is 3. The van der Waals surface area contributed by atoms with Crippen LogP contribution < -0.4 is 5.14 Å². The van der Waals surface area contributed by atoms with Gasteiger partial charge in [0.1, 0.15) is 12.2 Å². The summed E-state index contributed by atoms with van der Waals surface area (Å²) in [7, 11) is -4.02. The van der Waals surface area contributed by atoms with Crippen LogP contribution in [0, 0.1) is 0 Å². The molecule has 0 saturated carbocycles. The maximum Gasteiger partial charge on any atom is 0.406 e. The summed E-state index contributed by atoms with van der Waals surface area (Å²) in [5.74, 6) is -0.952. The predicted octanol–water partition coefficient (Wildman–Crippen LogP) is 1.08. The Morgan fingerprint density at radius 1 is 1.45 bits per heavy atom. The molecule has 0 fully saturated rings. The molecule has 6 nitrogen and oxygen atoms in total. The summed E-state index contributed by atoms with van der Waals surface area (Å²) in [5, 5.41) is 4.86. The molecule has 3 N–H and O–H groups in total. The third-order valence-electron chi connectivity index (χ3n) is 2.45. The highest BCUT2D eigenvalue weighted by Crippen LogP contribution is 2.20. The Morgan fingerprint density at radius 2 is 2.00 bits per heavy atom. The fourth-order valence-electron chi connectivity index (χ4n) is 1.50. The number of hydrogen-bond donors (Lipinski definition) is 2. The SMILES string of the molecule is CC(C)N(CC(F)(F)F)C(=O)c1cc(S(N)(=O)=O)c[nH]1. The van der Waals surface area contributed by atoms with Gasteiger partial charge in [-0.1, -0.05) is 0 Å². The predicted molar refractivity (Wildman–Crippen MR) is 64.4 cm³/mol. The Labute approximate surface area is 113 Å². The van der Waals surface area contributed by atoms with E-state index in [9.17, 15) is 26.4 Å². The molecular formula is C10H14F3N3O3S. The molecule has 0 aliphatic carbocycles. The first-order valence-corrected chi connectivity index (χ1v) is 7.05. The zero-order chi connectivity index (χ0) is 15.7. The van der Waals surface area contributed by atoms with Crippen LogP contribution in [0.1, 0.15) is 24.3 Å². The number of aromatic nitrogens is 1. The molecule has 1 aromatic heterocycles. The Morgan fingerprint density at radius 3 is 2.35 bits per heavy atom. The lowest BCUT2D eigenvalue weighted by Gasteiger charge is -2.27. The molecule has 0 radical (unpaired) electrons. The summed E-state index contributed by atoms with van der Waals surface area (Å²) in [6.45, 7) is 1.42. The minimum Gasteiger partial charge on any atom is -0.356 e. The van der Waals surface area contributed by atoms with Gasteiger partial charge < -0.3 is 9.88 Å². The van der Waals surface area contributed by atoms with Crippen LogP contribution in [0.25, 0.3) is 0 Å². The Bertz CT molecular complexity index is 592. The van der Waals surface area contributed by atoms with Crippen molar-refractivity contribution in [1.82, 2.24) is 9.88 Å². The topological polar surface area (TPSA) is 96.3 Å². The van der Waals surface area contributed by atoms with E-state index in [2.05, 4.69) is 4.98 Å². The van der Waals surface area contributed by atoms with Crippen molar-refractivity contribution in [3.05, 3.63) is 18.0 Å². The number of aromatic amines is 1. The first kappa shape index (κ1) is 16.5. The Kier molecular flexibility index (Phi) is 4.49. The number of rotatable bonds is 4. The second kappa shape index (κ2) is 5.44. The summed E-state index contributed by atoms with van der Waals surface area (Å²) in [5.41, 5.74) is -0.271. The number of sulfonamides is 1. The van der Waals surface area contributed by atoms with E-state index in [-0.39, 0.29) is 10.6 Å². The highest BCUT2D eigenvalue weighted by atomic mass is 32.2. The molecule has 0 aliphatic rings. The van der Waals surface area contributed by atoms with E-state index in [1.165, 1.54) is 13.8 Å². The summed E-state index contributed by atoms with van der Waals surface area (Å²) in [6.07, 6.45) is -3.59. The number of amides is 1. The molecule has 0 unspecified atom stereocenters. The van der Waals surface area contributed by atoms with Crippen LogP contribution in [-0.4, -0.2) is 43.0 Å². The first-order valence-electron chi connectivity index (χ1n) is 5.51. The van der Waals surface area contributed by atoms with Crippen LogP contribution in [0.2, 0.25) is 0 Å². The molecule has 10 heteroatoms. The van der Waals surface area contributed by atoms with Crippen molar-refractivity contribution in [1.29, 1.82) is 0 Å². The average molecular weight is 313 g/mol. The highest BCUT2D eigenvalue weighted by Gasteiger charge is 2.35. The van der Waals surface area contributed by atoms with Crippen molar-refractivity contribution in [3.8, 4) is 0 Å². The number of nitrogens with zero attached hydrogens (tertiary/aromatic N) is 1. The quantitative estimate of drug-likeness (QED) is 0.870. The molecule has 20 heavy (non-hydrogen) atoms. The van der Waals surface area contributed by atoms with Crippen LogP contribution in [-0.2, 0) is 10.0 Å². The molecule has 0 atom stereocenters. The second-order valence-electron chi connectivity index (χ2n) is 4.44. The van der Waals surface area contributed by atoms with Crippen LogP contribution in [0.5, 0.6) is 0 Å². The number of halogens is 3. The number of primary sulfonamides is 1. The van der Waals surface area contributed by atoms with E-state index in [1.54, 1.807) is 0 Å². The molecule has 0 aromatic carbocycles. The lowest BCUT2D eigenvalue weighted by Crippen LogP contribution is -2.43. The van der Waals surface area contributed by atoms with Gasteiger partial charge >= 0.3 is 6.18 Å². The average Bonchev–Trinajstić information content (AvgIpc) is 2.72. The number of carbonyl (C=O) groups excluding carboxylic acids is 1. The molecule has 1 rings (SSSR count). The normalized spacial score (nSPS) is 12.8. The van der Waals surface area contributed by atoms with Crippen LogP contribution in [0.4, 0.5) is 13.2 Å². The zero-order valence-electron chi connectivity index (χ0n) is 10.7. The van der Waals surface area contributed by atoms with Crippen LogP contribution in [0.15, 0.2) is 17.2 Å². The van der Waals surface area contributed by atoms with Crippen molar-refractivity contribution in [2.24, 2.45) is 5.14 Å². The molecule has 0 bridgehead atoms. The number of carbonyl (C=O) groups is 1. The van der Waals surface area contributed by atoms with Gasteiger partial charge in [0.25, 0.3) is 5.91 Å². The van der Waals surface area contributed by atoms with Gasteiger partial charge in [-0.3, -0.25) is 4.79 Å². The number of H-pyrrole nitrogens is 1. The fourth-order valence-corrected chi connectivity index (χ4v) is 2.00. The third kappa shape index (κ3) is 4.23. The van der Waals surface area contributed by atoms with E-state index in [4.69, 9.17) is 5.14 Å². The molecule has 1 heterocycles. The lowest BCUT2D eigenvalue weighted by atomic mass is 10.2. The van der Waals surface area contributed by atoms with Gasteiger partial charge in [0.05, 0.1) is 4.90 Å². The largest absolute Gasteiger partial charge is 0.406 e. The lowest BCUT2D eigenvalue weighted by molar-refractivity contribution is -0.143. The maximum atomic E-state index is 12.4. The summed E-state index contributed by atoms with van der Waals surface area (Å²) < 4.78 is 59.4. The van der Waals surface area contributed by atoms with Gasteiger partial charge in [0.2, 0.25) is 10.0 Å². The standard InChI is InChI=1S/C10H14F3N3O3S/c1-6(2)16(5-10(11,12)13)9(17)8-3-7(4-15-8)20(14,18)19/h3-4,6,15H,5H2,1-2H3,(H2,14,18,19). The van der Waals surface area contributed by atoms with E-state index >= 15 is 0 Å². The van der Waals surface area contributed by atoms with Gasteiger partial charge in [-0.25, -0.2) is 13.6 Å². The number of nitrogens with one attached hydrogen (secondary N) is 1. The Hall–Kier alpha value is -1.55. The van der Waals surface area contributed by atoms with Gasteiger partial charge in [-0.15, -0.1) is 0 Å². The molecule has 1 aromatic rings. The van der Waals surface area contributed by atoms with E-state index in [0.717, 1.165) is 12.3 Å². The smallest absolute Gasteiger partial charge is 0.356 e. The van der Waals surface area contributed by atoms with Crippen molar-refractivity contribution in [2.45, 2.75) is 31.0 Å². The zero-order valence-corrected chi connectivity index (χ0v) is 11.5. The van der Waals surface area contributed by atoms with Gasteiger partial charge in [-0.05, 0) is 19.9 Å². The van der Waals surface area contributed by atoms with Crippen molar-refractivity contribution in [2.75, 3.05) is 6.54 Å². The molecule has 0 saturated heterocycles. The third-order valence-corrected chi connectivity index (χ3v) is 3.34. The molecule has 114 valence electrons. The summed E-state index contributed by atoms with van der Waals surface area (Å²) in [4.78, 5) is 14.5. The fraction of sp³-hybridized carbons (Fsp3) is 0.500. The van der Waals surface area contributed by atoms with Crippen molar-refractivity contribution < 1.29 is 26.4 Å². The van der Waals surface area contributed by atoms with Crippen LogP contribution >= 0.6 is 0 Å². The van der Waals surface area contributed by atoms with Crippen LogP contribution in [0.3, 0.4) is 0 Å². The number of nitrogens with two attached hydrogens (primary N) is 1. The minimum absolute atomic E-state index is 0.271. The molecule has 0 aliphatic heterocycles. The summed E-state index contributed by atoms with van der Waals surface area (Å²) >= 11 is 0. The minimum atomic E-state index is -4.55. The monoisotopic (exact) mass is 313 g/mol. The second-order valence-corrected chi connectivity index (χ2v) is 6.00. The molecular weight excluding hydrogens is 299 g/mol. The van der Waals surface area contributed by atoms with Gasteiger partial charge in [-0.2, -0.15) is 13.2 Å². The molecule has 1 amide bonds. The maximum absolute atomic E-state index is 12.4. The van der Waals surface area contributed by atoms with Gasteiger partial charge in [0, 0.05) is 12.2 Å². The van der Waals surface area contributed by atoms with E-state index < -0.39 is 34.7 Å². The van der Waals surface area contributed by atoms with Crippen molar-refractivity contribution in [3.63, 3.8) is 0 Å². The summed E-state index contributed by atoms with van der Waals surface area (Å²) in [6, 6.07) is 0.203. The van der Waals surface area contributed by atoms with E-state index in [0.29, 0.717) is 4.90 Å². The Balaban J connectivity index is 3.05. The van der Waals surface area contributed by atoms with Crippen molar-refractivity contribution >= 4 is 15.9 Å². The first-order chi connectivity index (χ1) is 8.92. The van der Waals surface area contributed by atoms with E-state index in [1.807, 2.05) is 0 Å².